The van der Waals surface area contributed by atoms with Crippen molar-refractivity contribution in [2.24, 2.45) is 5.73 Å². The van der Waals surface area contributed by atoms with Gasteiger partial charge in [0.15, 0.2) is 0 Å². The Balaban J connectivity index is 2.21. The maximum absolute atomic E-state index is 5.50. The number of ether oxygens (including phenoxy) is 1. The van der Waals surface area contributed by atoms with E-state index in [0.29, 0.717) is 0 Å². The van der Waals surface area contributed by atoms with Gasteiger partial charge in [-0.3, -0.25) is 4.98 Å². The lowest BCUT2D eigenvalue weighted by atomic mass is 10.2. The van der Waals surface area contributed by atoms with Crippen LogP contribution in [0.2, 0.25) is 0 Å². The first-order valence-electron chi connectivity index (χ1n) is 5.49. The quantitative estimate of drug-likeness (QED) is 0.813. The predicted molar refractivity (Wildman–Crippen MR) is 65.1 cm³/mol. The first-order valence-corrected chi connectivity index (χ1v) is 5.49. The van der Waals surface area contributed by atoms with E-state index in [4.69, 9.17) is 10.5 Å². The van der Waals surface area contributed by atoms with E-state index >= 15 is 0 Å². The second-order valence-corrected chi connectivity index (χ2v) is 3.85. The Kier molecular flexibility index (Phi) is 3.41. The molecule has 1 saturated heterocycles. The average Bonchev–Trinajstić information content (AvgIpc) is 2.39. The van der Waals surface area contributed by atoms with Crippen LogP contribution in [0.1, 0.15) is 12.6 Å². The second-order valence-electron chi connectivity index (χ2n) is 3.85. The van der Waals surface area contributed by atoms with Crippen molar-refractivity contribution in [2.45, 2.75) is 6.92 Å². The van der Waals surface area contributed by atoms with Crippen molar-refractivity contribution in [1.82, 2.24) is 4.98 Å². The minimum absolute atomic E-state index is 0.795. The molecule has 1 aliphatic rings. The number of allylic oxidation sites excluding steroid dienone is 1. The molecule has 86 valence electrons. The van der Waals surface area contributed by atoms with E-state index in [-0.39, 0.29) is 0 Å². The zero-order chi connectivity index (χ0) is 11.4. The van der Waals surface area contributed by atoms with Gasteiger partial charge in [0, 0.05) is 25.0 Å². The van der Waals surface area contributed by atoms with Crippen LogP contribution < -0.4 is 10.6 Å². The Morgan fingerprint density at radius 3 is 2.94 bits per heavy atom. The number of nitrogens with two attached hydrogens (primary N) is 1. The zero-order valence-electron chi connectivity index (χ0n) is 9.52. The molecule has 0 spiro atoms. The predicted octanol–water partition coefficient (Wildman–Crippen LogP) is 1.24. The molecule has 0 radical (unpaired) electrons. The largest absolute Gasteiger partial charge is 0.404 e. The fraction of sp³-hybridized carbons (Fsp3) is 0.417. The molecule has 16 heavy (non-hydrogen) atoms. The van der Waals surface area contributed by atoms with Crippen LogP contribution in [0.4, 0.5) is 5.69 Å². The number of aromatic nitrogens is 1. The van der Waals surface area contributed by atoms with Crippen LogP contribution in [0.3, 0.4) is 0 Å². The lowest BCUT2D eigenvalue weighted by molar-refractivity contribution is 0.122. The first-order chi connectivity index (χ1) is 7.81. The van der Waals surface area contributed by atoms with Gasteiger partial charge in [0.05, 0.1) is 18.9 Å². The molecular weight excluding hydrogens is 202 g/mol. The molecule has 2 rings (SSSR count). The van der Waals surface area contributed by atoms with E-state index in [1.54, 1.807) is 6.20 Å². The molecule has 2 heterocycles. The summed E-state index contributed by atoms with van der Waals surface area (Å²) in [6, 6.07) is 4.10. The molecule has 2 N–H and O–H groups in total. The Bertz CT molecular complexity index is 384. The fourth-order valence-corrected chi connectivity index (χ4v) is 1.74. The topological polar surface area (TPSA) is 51.4 Å². The number of hydrogen-bond donors (Lipinski definition) is 1. The first kappa shape index (κ1) is 11.0. The van der Waals surface area contributed by atoms with Crippen molar-refractivity contribution < 1.29 is 4.74 Å². The minimum atomic E-state index is 0.795. The maximum Gasteiger partial charge on any atom is 0.0693 e. The molecule has 0 aromatic carbocycles. The summed E-state index contributed by atoms with van der Waals surface area (Å²) < 4.78 is 5.33. The molecule has 4 nitrogen and oxygen atoms in total. The van der Waals surface area contributed by atoms with E-state index in [1.807, 2.05) is 19.2 Å². The molecule has 0 amide bonds. The van der Waals surface area contributed by atoms with Crippen molar-refractivity contribution in [3.63, 3.8) is 0 Å². The van der Waals surface area contributed by atoms with Gasteiger partial charge >= 0.3 is 0 Å². The van der Waals surface area contributed by atoms with Gasteiger partial charge in [-0.2, -0.15) is 0 Å². The van der Waals surface area contributed by atoms with Crippen molar-refractivity contribution in [2.75, 3.05) is 31.2 Å². The highest BCUT2D eigenvalue weighted by molar-refractivity contribution is 5.64. The summed E-state index contributed by atoms with van der Waals surface area (Å²) in [5, 5.41) is 0. The average molecular weight is 219 g/mol. The normalized spacial score (nSPS) is 17.6. The Labute approximate surface area is 95.7 Å². The van der Waals surface area contributed by atoms with Crippen LogP contribution in [-0.2, 0) is 4.74 Å². The fourth-order valence-electron chi connectivity index (χ4n) is 1.74. The van der Waals surface area contributed by atoms with Crippen molar-refractivity contribution in [3.8, 4) is 0 Å². The smallest absolute Gasteiger partial charge is 0.0693 e. The van der Waals surface area contributed by atoms with Gasteiger partial charge in [-0.15, -0.1) is 0 Å². The molecule has 0 bridgehead atoms. The highest BCUT2D eigenvalue weighted by Gasteiger charge is 2.11. The summed E-state index contributed by atoms with van der Waals surface area (Å²) in [5.74, 6) is 0. The van der Waals surface area contributed by atoms with Crippen LogP contribution in [0, 0.1) is 0 Å². The van der Waals surface area contributed by atoms with Crippen molar-refractivity contribution >= 4 is 11.3 Å². The molecule has 1 aromatic heterocycles. The minimum Gasteiger partial charge on any atom is -0.404 e. The monoisotopic (exact) mass is 219 g/mol. The molecule has 1 fully saturated rings. The summed E-state index contributed by atoms with van der Waals surface area (Å²) in [7, 11) is 0. The van der Waals surface area contributed by atoms with Gasteiger partial charge in [0.2, 0.25) is 0 Å². The van der Waals surface area contributed by atoms with E-state index in [9.17, 15) is 0 Å². The number of anilines is 1. The molecule has 0 atom stereocenters. The standard InChI is InChI=1S/C12H17N3O/c1-10(9-13)12-8-11(2-3-14-12)15-4-6-16-7-5-15/h2-3,8-9H,4-7,13H2,1H3/b10-9-. The maximum atomic E-state index is 5.50. The van der Waals surface area contributed by atoms with Crippen LogP contribution in [-0.4, -0.2) is 31.3 Å². The third-order valence-electron chi connectivity index (χ3n) is 2.77. The van der Waals surface area contributed by atoms with E-state index in [2.05, 4.69) is 16.0 Å². The second kappa shape index (κ2) is 4.99. The van der Waals surface area contributed by atoms with Crippen LogP contribution in [0.25, 0.3) is 5.57 Å². The highest BCUT2D eigenvalue weighted by Crippen LogP contribution is 2.19. The van der Waals surface area contributed by atoms with Crippen LogP contribution in [0.5, 0.6) is 0 Å². The molecule has 4 heteroatoms. The van der Waals surface area contributed by atoms with E-state index in [0.717, 1.165) is 37.6 Å². The number of hydrogen-bond acceptors (Lipinski definition) is 4. The highest BCUT2D eigenvalue weighted by atomic mass is 16.5. The summed E-state index contributed by atoms with van der Waals surface area (Å²) in [4.78, 5) is 6.60. The Morgan fingerprint density at radius 1 is 1.50 bits per heavy atom. The van der Waals surface area contributed by atoms with Gasteiger partial charge in [0.25, 0.3) is 0 Å². The number of morpholine rings is 1. The number of pyridine rings is 1. The molecule has 0 saturated carbocycles. The van der Waals surface area contributed by atoms with Crippen molar-refractivity contribution in [1.29, 1.82) is 0 Å². The lowest BCUT2D eigenvalue weighted by Gasteiger charge is -2.29. The van der Waals surface area contributed by atoms with Gasteiger partial charge in [0.1, 0.15) is 0 Å². The number of nitrogens with zero attached hydrogens (tertiary/aromatic N) is 2. The summed E-state index contributed by atoms with van der Waals surface area (Å²) in [5.41, 5.74) is 8.62. The van der Waals surface area contributed by atoms with Crippen LogP contribution in [0.15, 0.2) is 24.5 Å². The van der Waals surface area contributed by atoms with Gasteiger partial charge in [-0.25, -0.2) is 0 Å². The Hall–Kier alpha value is -1.55. The van der Waals surface area contributed by atoms with Crippen LogP contribution >= 0.6 is 0 Å². The summed E-state index contributed by atoms with van der Waals surface area (Å²) >= 11 is 0. The molecule has 0 unspecified atom stereocenters. The molecular formula is C12H17N3O. The third kappa shape index (κ3) is 2.33. The van der Waals surface area contributed by atoms with Gasteiger partial charge < -0.3 is 15.4 Å². The summed E-state index contributed by atoms with van der Waals surface area (Å²) in [6.45, 7) is 5.43. The SMILES string of the molecule is C/C(=C/N)c1cc(N2CCOCC2)ccn1. The Morgan fingerprint density at radius 2 is 2.25 bits per heavy atom. The summed E-state index contributed by atoms with van der Waals surface area (Å²) in [6.07, 6.45) is 3.42. The van der Waals surface area contributed by atoms with Gasteiger partial charge in [-0.1, -0.05) is 0 Å². The van der Waals surface area contributed by atoms with E-state index in [1.165, 1.54) is 5.69 Å². The lowest BCUT2D eigenvalue weighted by Crippen LogP contribution is -2.36. The molecule has 0 aliphatic carbocycles. The van der Waals surface area contributed by atoms with Gasteiger partial charge in [-0.05, 0) is 30.8 Å². The molecule has 1 aliphatic heterocycles. The van der Waals surface area contributed by atoms with Crippen molar-refractivity contribution in [3.05, 3.63) is 30.2 Å². The third-order valence-corrected chi connectivity index (χ3v) is 2.77. The zero-order valence-corrected chi connectivity index (χ0v) is 9.52. The number of rotatable bonds is 2. The molecule has 1 aromatic rings. The van der Waals surface area contributed by atoms with E-state index < -0.39 is 0 Å².